The van der Waals surface area contributed by atoms with E-state index in [-0.39, 0.29) is 11.6 Å². The van der Waals surface area contributed by atoms with E-state index < -0.39 is 0 Å². The number of aromatic nitrogens is 3. The van der Waals surface area contributed by atoms with Crippen molar-refractivity contribution in [3.8, 4) is 0 Å². The van der Waals surface area contributed by atoms with Crippen LogP contribution in [0.2, 0.25) is 10.0 Å². The Bertz CT molecular complexity index is 813. The van der Waals surface area contributed by atoms with E-state index in [2.05, 4.69) is 15.6 Å². The van der Waals surface area contributed by atoms with E-state index in [0.717, 1.165) is 5.56 Å². The maximum atomic E-state index is 12.2. The number of carbonyl (C=O) groups is 1. The summed E-state index contributed by atoms with van der Waals surface area (Å²) in [7, 11) is 0. The van der Waals surface area contributed by atoms with E-state index in [1.54, 1.807) is 29.1 Å². The Morgan fingerprint density at radius 3 is 2.48 bits per heavy atom. The van der Waals surface area contributed by atoms with E-state index in [0.29, 0.717) is 22.3 Å². The molecule has 1 heterocycles. The molecule has 5 nitrogen and oxygen atoms in total. The third-order valence-electron chi connectivity index (χ3n) is 3.08. The van der Waals surface area contributed by atoms with Gasteiger partial charge >= 0.3 is 0 Å². The third-order valence-corrected chi connectivity index (χ3v) is 3.52. The number of hydrogen-bond acceptors (Lipinski definition) is 3. The Kier molecular flexibility index (Phi) is 4.60. The summed E-state index contributed by atoms with van der Waals surface area (Å²) < 4.78 is 1.61. The van der Waals surface area contributed by atoms with Crippen LogP contribution in [0, 0.1) is 0 Å². The van der Waals surface area contributed by atoms with Crippen LogP contribution in [0.1, 0.15) is 16.1 Å². The van der Waals surface area contributed by atoms with Gasteiger partial charge in [-0.05, 0) is 23.8 Å². The van der Waals surface area contributed by atoms with Crippen LogP contribution in [0.4, 0.5) is 5.69 Å². The summed E-state index contributed by atoms with van der Waals surface area (Å²) in [6.45, 7) is 0.546. The second kappa shape index (κ2) is 6.81. The third kappa shape index (κ3) is 4.09. The molecule has 2 aromatic carbocycles. The van der Waals surface area contributed by atoms with Crippen molar-refractivity contribution in [3.05, 3.63) is 76.0 Å². The van der Waals surface area contributed by atoms with Crippen LogP contribution in [0.3, 0.4) is 0 Å². The molecule has 0 saturated heterocycles. The van der Waals surface area contributed by atoms with Gasteiger partial charge in [-0.25, -0.2) is 4.68 Å². The molecule has 0 aliphatic heterocycles. The molecule has 7 heteroatoms. The monoisotopic (exact) mass is 346 g/mol. The molecule has 0 unspecified atom stereocenters. The first-order chi connectivity index (χ1) is 11.1. The Morgan fingerprint density at radius 2 is 1.78 bits per heavy atom. The molecule has 0 bridgehead atoms. The fourth-order valence-corrected chi connectivity index (χ4v) is 2.60. The zero-order valence-electron chi connectivity index (χ0n) is 11.9. The average molecular weight is 347 g/mol. The van der Waals surface area contributed by atoms with Gasteiger partial charge in [0, 0.05) is 15.7 Å². The lowest BCUT2D eigenvalue weighted by atomic mass is 10.2. The number of rotatable bonds is 4. The topological polar surface area (TPSA) is 59.8 Å². The van der Waals surface area contributed by atoms with Crippen molar-refractivity contribution < 1.29 is 4.79 Å². The molecular weight excluding hydrogens is 335 g/mol. The minimum absolute atomic E-state index is 0.219. The average Bonchev–Trinajstić information content (AvgIpc) is 2.96. The first-order valence-electron chi connectivity index (χ1n) is 6.82. The van der Waals surface area contributed by atoms with E-state index >= 15 is 0 Å². The van der Waals surface area contributed by atoms with Crippen LogP contribution in [-0.4, -0.2) is 20.9 Å². The number of amides is 1. The second-order valence-corrected chi connectivity index (χ2v) is 5.77. The van der Waals surface area contributed by atoms with Crippen molar-refractivity contribution in [1.29, 1.82) is 0 Å². The summed E-state index contributed by atoms with van der Waals surface area (Å²) in [5.74, 6) is -0.373. The Hall–Kier alpha value is -2.37. The first kappa shape index (κ1) is 15.5. The van der Waals surface area contributed by atoms with E-state index in [9.17, 15) is 4.79 Å². The smallest absolute Gasteiger partial charge is 0.277 e. The maximum absolute atomic E-state index is 12.2. The molecule has 0 fully saturated rings. The van der Waals surface area contributed by atoms with Crippen molar-refractivity contribution in [3.63, 3.8) is 0 Å². The number of halogens is 2. The first-order valence-corrected chi connectivity index (χ1v) is 7.57. The molecule has 0 saturated carbocycles. The summed E-state index contributed by atoms with van der Waals surface area (Å²) in [5, 5.41) is 11.4. The number of anilines is 1. The fourth-order valence-electron chi connectivity index (χ4n) is 2.07. The van der Waals surface area contributed by atoms with Crippen molar-refractivity contribution in [2.75, 3.05) is 5.32 Å². The number of nitrogens with one attached hydrogen (secondary N) is 1. The normalized spacial score (nSPS) is 10.5. The van der Waals surface area contributed by atoms with Crippen molar-refractivity contribution in [2.45, 2.75) is 6.54 Å². The highest BCUT2D eigenvalue weighted by atomic mass is 35.5. The summed E-state index contributed by atoms with van der Waals surface area (Å²) in [6.07, 6.45) is 1.59. The maximum Gasteiger partial charge on any atom is 0.277 e. The van der Waals surface area contributed by atoms with Gasteiger partial charge in [0.15, 0.2) is 5.69 Å². The van der Waals surface area contributed by atoms with E-state index in [1.807, 2.05) is 30.3 Å². The SMILES string of the molecule is O=C(Nc1cc(Cl)cc(Cl)c1)c1cn(Cc2ccccc2)nn1. The lowest BCUT2D eigenvalue weighted by molar-refractivity contribution is 0.102. The minimum Gasteiger partial charge on any atom is -0.320 e. The molecule has 1 N–H and O–H groups in total. The highest BCUT2D eigenvalue weighted by molar-refractivity contribution is 6.35. The van der Waals surface area contributed by atoms with Crippen molar-refractivity contribution in [1.82, 2.24) is 15.0 Å². The van der Waals surface area contributed by atoms with E-state index in [1.165, 1.54) is 0 Å². The highest BCUT2D eigenvalue weighted by Gasteiger charge is 2.12. The minimum atomic E-state index is -0.373. The predicted molar refractivity (Wildman–Crippen MR) is 90.0 cm³/mol. The van der Waals surface area contributed by atoms with Crippen LogP contribution in [0.5, 0.6) is 0 Å². The second-order valence-electron chi connectivity index (χ2n) is 4.90. The molecular formula is C16H12Cl2N4O. The largest absolute Gasteiger partial charge is 0.320 e. The number of benzene rings is 2. The molecule has 0 aliphatic rings. The standard InChI is InChI=1S/C16H12Cl2N4O/c17-12-6-13(18)8-14(7-12)19-16(23)15-10-22(21-20-15)9-11-4-2-1-3-5-11/h1-8,10H,9H2,(H,19,23). The summed E-state index contributed by atoms with van der Waals surface area (Å²) in [6, 6.07) is 14.6. The van der Waals surface area contributed by atoms with Gasteiger partial charge < -0.3 is 5.32 Å². The van der Waals surface area contributed by atoms with Gasteiger partial charge in [-0.2, -0.15) is 0 Å². The molecule has 0 radical (unpaired) electrons. The Labute approximate surface area is 142 Å². The molecule has 23 heavy (non-hydrogen) atoms. The number of nitrogens with zero attached hydrogens (tertiary/aromatic N) is 3. The molecule has 1 amide bonds. The molecule has 116 valence electrons. The lowest BCUT2D eigenvalue weighted by Crippen LogP contribution is -2.12. The van der Waals surface area contributed by atoms with Gasteiger partial charge in [-0.15, -0.1) is 5.10 Å². The van der Waals surface area contributed by atoms with Crippen LogP contribution in [-0.2, 0) is 6.54 Å². The molecule has 3 rings (SSSR count). The van der Waals surface area contributed by atoms with E-state index in [4.69, 9.17) is 23.2 Å². The van der Waals surface area contributed by atoms with Crippen molar-refractivity contribution in [2.24, 2.45) is 0 Å². The molecule has 3 aromatic rings. The van der Waals surface area contributed by atoms with Gasteiger partial charge in [0.05, 0.1) is 12.7 Å². The van der Waals surface area contributed by atoms with Gasteiger partial charge in [-0.1, -0.05) is 58.7 Å². The Balaban J connectivity index is 1.71. The van der Waals surface area contributed by atoms with Crippen molar-refractivity contribution >= 4 is 34.8 Å². The zero-order valence-corrected chi connectivity index (χ0v) is 13.4. The van der Waals surface area contributed by atoms with Gasteiger partial charge in [0.2, 0.25) is 0 Å². The quantitative estimate of drug-likeness (QED) is 0.779. The van der Waals surface area contributed by atoms with Crippen LogP contribution in [0.25, 0.3) is 0 Å². The molecule has 0 atom stereocenters. The lowest BCUT2D eigenvalue weighted by Gasteiger charge is -2.04. The molecule has 0 spiro atoms. The van der Waals surface area contributed by atoms with Crippen LogP contribution < -0.4 is 5.32 Å². The summed E-state index contributed by atoms with van der Waals surface area (Å²) >= 11 is 11.8. The Morgan fingerprint density at radius 1 is 1.09 bits per heavy atom. The molecule has 0 aliphatic carbocycles. The molecule has 1 aromatic heterocycles. The summed E-state index contributed by atoms with van der Waals surface area (Å²) in [4.78, 5) is 12.2. The van der Waals surface area contributed by atoms with Gasteiger partial charge in [0.25, 0.3) is 5.91 Å². The van der Waals surface area contributed by atoms with Gasteiger partial charge in [-0.3, -0.25) is 4.79 Å². The number of hydrogen-bond donors (Lipinski definition) is 1. The fraction of sp³-hybridized carbons (Fsp3) is 0.0625. The van der Waals surface area contributed by atoms with Crippen LogP contribution >= 0.6 is 23.2 Å². The number of carbonyl (C=O) groups excluding carboxylic acids is 1. The van der Waals surface area contributed by atoms with Gasteiger partial charge in [0.1, 0.15) is 0 Å². The van der Waals surface area contributed by atoms with Crippen LogP contribution in [0.15, 0.2) is 54.7 Å². The highest BCUT2D eigenvalue weighted by Crippen LogP contribution is 2.22. The predicted octanol–water partition coefficient (Wildman–Crippen LogP) is 3.89. The summed E-state index contributed by atoms with van der Waals surface area (Å²) in [5.41, 5.74) is 1.80. The zero-order chi connectivity index (χ0) is 16.2.